The molecule has 0 spiro atoms. The lowest BCUT2D eigenvalue weighted by atomic mass is 9.98. The van der Waals surface area contributed by atoms with E-state index >= 15 is 0 Å². The van der Waals surface area contributed by atoms with Gasteiger partial charge in [-0.05, 0) is 45.5 Å². The van der Waals surface area contributed by atoms with Gasteiger partial charge < -0.3 is 19.7 Å². The number of carbonyl (C=O) groups excluding carboxylic acids is 1. The zero-order valence-electron chi connectivity index (χ0n) is 22.7. The first-order valence-corrected chi connectivity index (χ1v) is 14.7. The van der Waals surface area contributed by atoms with E-state index in [1.807, 2.05) is 54.6 Å². The number of nitrogens with one attached hydrogen (secondary N) is 1. The second-order valence-corrected chi connectivity index (χ2v) is 11.0. The number of hydrogen-bond donors (Lipinski definition) is 3. The van der Waals surface area contributed by atoms with Crippen LogP contribution in [0.2, 0.25) is 0 Å². The Kier molecular flexibility index (Phi) is 9.51. The molecule has 0 saturated heterocycles. The van der Waals surface area contributed by atoms with Crippen LogP contribution >= 0.6 is 7.82 Å². The van der Waals surface area contributed by atoms with Gasteiger partial charge in [-0.25, -0.2) is 24.3 Å². The van der Waals surface area contributed by atoms with E-state index < -0.39 is 25.9 Å². The largest absolute Gasteiger partial charge is 0.585 e. The van der Waals surface area contributed by atoms with Gasteiger partial charge in [0.25, 0.3) is 0 Å². The molecule has 1 amide bonds. The van der Waals surface area contributed by atoms with Crippen LogP contribution in [0.5, 0.6) is 5.75 Å². The highest BCUT2D eigenvalue weighted by molar-refractivity contribution is 7.48. The molecule has 12 heteroatoms. The SMILES string of the molecule is O=C(N[C@@H](Cc1ccc(OP(=O)(OO)OOCc2ccccc2)cc1)C(=O)O)OCC1c2ccccc2-c2ccccc21. The molecule has 1 aliphatic carbocycles. The maximum Gasteiger partial charge on any atom is 0.585 e. The van der Waals surface area contributed by atoms with Crippen LogP contribution in [0, 0.1) is 0 Å². The second-order valence-electron chi connectivity index (χ2n) is 9.65. The van der Waals surface area contributed by atoms with Crippen molar-refractivity contribution in [2.24, 2.45) is 0 Å². The standard InChI is InChI=1S/C31H28NO10P/c33-30(34)29(32-31(35)38-20-28-26-12-6-4-10-24(26)25-11-5-7-13-27(25)28)18-21-14-16-23(17-15-21)40-43(37,41-36)42-39-19-22-8-2-1-3-9-22/h1-17,28-29,36H,18-20H2,(H,32,35)(H,33,34)/t29-,43?/m0/s1. The fourth-order valence-corrected chi connectivity index (χ4v) is 5.46. The first kappa shape index (κ1) is 30.0. The molecule has 1 aliphatic rings. The number of phosphoric acid groups is 1. The van der Waals surface area contributed by atoms with Crippen molar-refractivity contribution in [3.8, 4) is 16.9 Å². The van der Waals surface area contributed by atoms with Crippen LogP contribution in [-0.4, -0.2) is 35.1 Å². The summed E-state index contributed by atoms with van der Waals surface area (Å²) in [6.45, 7) is -0.0356. The van der Waals surface area contributed by atoms with Gasteiger partial charge >= 0.3 is 19.9 Å². The first-order valence-electron chi connectivity index (χ1n) is 13.3. The fourth-order valence-electron chi connectivity index (χ4n) is 4.81. The van der Waals surface area contributed by atoms with E-state index in [1.165, 1.54) is 24.3 Å². The average Bonchev–Trinajstić information content (AvgIpc) is 3.34. The third-order valence-corrected chi connectivity index (χ3v) is 7.75. The number of aliphatic carboxylic acids is 1. The van der Waals surface area contributed by atoms with Crippen LogP contribution in [0.25, 0.3) is 11.1 Å². The summed E-state index contributed by atoms with van der Waals surface area (Å²) in [5.41, 5.74) is 5.47. The number of benzene rings is 4. The van der Waals surface area contributed by atoms with Crippen molar-refractivity contribution in [3.63, 3.8) is 0 Å². The summed E-state index contributed by atoms with van der Waals surface area (Å²) in [6.07, 6.45) is -0.937. The topological polar surface area (TPSA) is 150 Å². The minimum absolute atomic E-state index is 0.0131. The molecule has 222 valence electrons. The van der Waals surface area contributed by atoms with E-state index in [9.17, 15) is 19.3 Å². The molecule has 0 fully saturated rings. The van der Waals surface area contributed by atoms with E-state index in [0.717, 1.165) is 27.8 Å². The van der Waals surface area contributed by atoms with Crippen LogP contribution in [0.1, 0.15) is 28.2 Å². The number of carboxylic acids is 1. The van der Waals surface area contributed by atoms with E-state index in [0.29, 0.717) is 5.56 Å². The molecule has 3 N–H and O–H groups in total. The Bertz CT molecular complexity index is 1570. The third-order valence-electron chi connectivity index (χ3n) is 6.83. The minimum Gasteiger partial charge on any atom is -0.480 e. The Hall–Kier alpha value is -4.51. The van der Waals surface area contributed by atoms with Crippen LogP contribution in [0.15, 0.2) is 103 Å². The predicted molar refractivity (Wildman–Crippen MR) is 154 cm³/mol. The van der Waals surface area contributed by atoms with Crippen molar-refractivity contribution in [3.05, 3.63) is 125 Å². The Morgan fingerprint density at radius 1 is 0.814 bits per heavy atom. The number of rotatable bonds is 13. The molecule has 4 aromatic carbocycles. The normalized spacial score (nSPS) is 14.2. The number of hydrogen-bond acceptors (Lipinski definition) is 9. The molecule has 11 nitrogen and oxygen atoms in total. The summed E-state index contributed by atoms with van der Waals surface area (Å²) in [4.78, 5) is 29.4. The highest BCUT2D eigenvalue weighted by atomic mass is 31.2. The maximum atomic E-state index is 12.6. The molecule has 4 aromatic rings. The van der Waals surface area contributed by atoms with Gasteiger partial charge in [-0.2, -0.15) is 0 Å². The van der Waals surface area contributed by atoms with Crippen molar-refractivity contribution < 1.29 is 48.0 Å². The summed E-state index contributed by atoms with van der Waals surface area (Å²) in [7, 11) is -4.53. The number of amides is 1. The lowest BCUT2D eigenvalue weighted by molar-refractivity contribution is -0.263. The smallest absolute Gasteiger partial charge is 0.480 e. The van der Waals surface area contributed by atoms with E-state index in [2.05, 4.69) is 14.7 Å². The lowest BCUT2D eigenvalue weighted by Crippen LogP contribution is -2.42. The van der Waals surface area contributed by atoms with Gasteiger partial charge in [0.1, 0.15) is 25.0 Å². The Morgan fingerprint density at radius 3 is 2.02 bits per heavy atom. The highest BCUT2D eigenvalue weighted by Crippen LogP contribution is 2.49. The first-order chi connectivity index (χ1) is 20.8. The quantitative estimate of drug-likeness (QED) is 0.0894. The zero-order valence-corrected chi connectivity index (χ0v) is 23.6. The monoisotopic (exact) mass is 605 g/mol. The summed E-state index contributed by atoms with van der Waals surface area (Å²) < 4.78 is 31.7. The van der Waals surface area contributed by atoms with Gasteiger partial charge in [-0.15, -0.1) is 9.35 Å². The lowest BCUT2D eigenvalue weighted by Gasteiger charge is -2.18. The van der Waals surface area contributed by atoms with Gasteiger partial charge in [0.15, 0.2) is 0 Å². The number of ether oxygens (including phenoxy) is 1. The molecule has 0 aliphatic heterocycles. The van der Waals surface area contributed by atoms with Crippen molar-refractivity contribution in [1.29, 1.82) is 0 Å². The molecule has 0 heterocycles. The highest BCUT2D eigenvalue weighted by Gasteiger charge is 2.32. The molecular weight excluding hydrogens is 577 g/mol. The molecule has 5 rings (SSSR count). The Balaban J connectivity index is 1.14. The summed E-state index contributed by atoms with van der Waals surface area (Å²) in [5.74, 6) is -1.43. The number of alkyl carbamates (subject to hydrolysis) is 1. The number of fused-ring (bicyclic) bond motifs is 3. The fraction of sp³-hybridized carbons (Fsp3) is 0.161. The molecule has 0 bridgehead atoms. The van der Waals surface area contributed by atoms with Gasteiger partial charge in [0.05, 0.1) is 0 Å². The van der Waals surface area contributed by atoms with Gasteiger partial charge in [0.2, 0.25) is 0 Å². The van der Waals surface area contributed by atoms with Crippen molar-refractivity contribution in [2.45, 2.75) is 25.0 Å². The van der Waals surface area contributed by atoms with Gasteiger partial charge in [0, 0.05) is 12.3 Å². The number of carboxylic acid groups (broad SMARTS) is 1. The molecular formula is C31H28NO10P. The molecule has 0 saturated carbocycles. The maximum absolute atomic E-state index is 12.6. The molecule has 1 unspecified atom stereocenters. The van der Waals surface area contributed by atoms with E-state index in [4.69, 9.17) is 19.4 Å². The van der Waals surface area contributed by atoms with Crippen molar-refractivity contribution >= 4 is 19.9 Å². The summed E-state index contributed by atoms with van der Waals surface area (Å²) in [5, 5.41) is 21.2. The second kappa shape index (κ2) is 13.6. The molecule has 2 atom stereocenters. The third kappa shape index (κ3) is 7.47. The van der Waals surface area contributed by atoms with Crippen molar-refractivity contribution in [1.82, 2.24) is 5.32 Å². The van der Waals surface area contributed by atoms with Crippen molar-refractivity contribution in [2.75, 3.05) is 6.61 Å². The molecule has 0 radical (unpaired) electrons. The average molecular weight is 606 g/mol. The molecule has 43 heavy (non-hydrogen) atoms. The number of carbonyl (C=O) groups is 2. The van der Waals surface area contributed by atoms with Crippen LogP contribution < -0.4 is 9.84 Å². The molecule has 0 aromatic heterocycles. The Morgan fingerprint density at radius 2 is 1.42 bits per heavy atom. The van der Waals surface area contributed by atoms with E-state index in [-0.39, 0.29) is 31.3 Å². The van der Waals surface area contributed by atoms with E-state index in [1.54, 1.807) is 24.3 Å². The zero-order chi connectivity index (χ0) is 30.2. The van der Waals surface area contributed by atoms with Gasteiger partial charge in [-0.3, -0.25) is 0 Å². The summed E-state index contributed by atoms with van der Waals surface area (Å²) in [6, 6.07) is 29.1. The predicted octanol–water partition coefficient (Wildman–Crippen LogP) is 6.35. The summed E-state index contributed by atoms with van der Waals surface area (Å²) >= 11 is 0. The van der Waals surface area contributed by atoms with Crippen LogP contribution in [-0.2, 0) is 41.4 Å². The van der Waals surface area contributed by atoms with Crippen LogP contribution in [0.4, 0.5) is 4.79 Å². The minimum atomic E-state index is -4.53. The van der Waals surface area contributed by atoms with Gasteiger partial charge in [-0.1, -0.05) is 91.0 Å². The Labute approximate surface area is 247 Å². The van der Waals surface area contributed by atoms with Crippen LogP contribution in [0.3, 0.4) is 0 Å².